The van der Waals surface area contributed by atoms with Crippen LogP contribution in [0.1, 0.15) is 62.5 Å². The Balaban J connectivity index is 0.00000169. The standard InChI is InChI=1S/C20H28N2O.ClH/c1-14-5-4-6-15(11-14)20(9-2-3-10-20)19(23)22-18-12-16-7-8-17(13-18)21-16;/h4-6,11,16-18,21H,2-3,7-10,12-13H2,1H3,(H,22,23);1H. The minimum atomic E-state index is -0.282. The minimum absolute atomic E-state index is 0. The Kier molecular flexibility index (Phi) is 5.22. The molecule has 2 heterocycles. The van der Waals surface area contributed by atoms with Crippen LogP contribution >= 0.6 is 12.4 Å². The van der Waals surface area contributed by atoms with Crippen LogP contribution < -0.4 is 10.6 Å². The van der Waals surface area contributed by atoms with Crippen LogP contribution in [-0.2, 0) is 10.2 Å². The lowest BCUT2D eigenvalue weighted by atomic mass is 9.77. The molecule has 3 fully saturated rings. The summed E-state index contributed by atoms with van der Waals surface area (Å²) in [6.45, 7) is 2.12. The van der Waals surface area contributed by atoms with E-state index in [4.69, 9.17) is 0 Å². The summed E-state index contributed by atoms with van der Waals surface area (Å²) in [4.78, 5) is 13.2. The Morgan fingerprint density at radius 1 is 1.17 bits per heavy atom. The number of benzene rings is 1. The van der Waals surface area contributed by atoms with Crippen molar-refractivity contribution in [1.29, 1.82) is 0 Å². The quantitative estimate of drug-likeness (QED) is 0.875. The first-order chi connectivity index (χ1) is 11.2. The molecule has 4 rings (SSSR count). The number of fused-ring (bicyclic) bond motifs is 2. The second kappa shape index (κ2) is 7.05. The Labute approximate surface area is 151 Å². The first-order valence-electron chi connectivity index (χ1n) is 9.30. The van der Waals surface area contributed by atoms with Gasteiger partial charge in [0, 0.05) is 18.1 Å². The number of aryl methyl sites for hydroxylation is 1. The van der Waals surface area contributed by atoms with Crippen LogP contribution in [0.5, 0.6) is 0 Å². The number of carbonyl (C=O) groups excluding carboxylic acids is 1. The molecule has 3 nitrogen and oxygen atoms in total. The fraction of sp³-hybridized carbons (Fsp3) is 0.650. The van der Waals surface area contributed by atoms with Gasteiger partial charge in [-0.05, 0) is 51.0 Å². The van der Waals surface area contributed by atoms with Crippen LogP contribution in [-0.4, -0.2) is 24.0 Å². The third-order valence-corrected chi connectivity index (χ3v) is 6.27. The summed E-state index contributed by atoms with van der Waals surface area (Å²) in [5.74, 6) is 0.284. The van der Waals surface area contributed by atoms with Crippen LogP contribution in [0.2, 0.25) is 0 Å². The summed E-state index contributed by atoms with van der Waals surface area (Å²) in [6.07, 6.45) is 9.09. The van der Waals surface area contributed by atoms with Crippen LogP contribution in [0.25, 0.3) is 0 Å². The van der Waals surface area contributed by atoms with Gasteiger partial charge in [-0.2, -0.15) is 0 Å². The molecule has 2 bridgehead atoms. The third-order valence-electron chi connectivity index (χ3n) is 6.27. The normalized spacial score (nSPS) is 30.6. The van der Waals surface area contributed by atoms with Gasteiger partial charge in [0.2, 0.25) is 5.91 Å². The maximum atomic E-state index is 13.2. The highest BCUT2D eigenvalue weighted by atomic mass is 35.5. The van der Waals surface area contributed by atoms with Crippen molar-refractivity contribution in [3.63, 3.8) is 0 Å². The molecule has 24 heavy (non-hydrogen) atoms. The SMILES string of the molecule is Cc1cccc(C2(C(=O)NC3CC4CCC(C3)N4)CCCC2)c1.Cl. The van der Waals surface area contributed by atoms with Gasteiger partial charge in [0.05, 0.1) is 5.41 Å². The molecule has 1 saturated carbocycles. The summed E-state index contributed by atoms with van der Waals surface area (Å²) in [5, 5.41) is 7.10. The molecule has 0 aromatic heterocycles. The molecule has 1 aromatic rings. The molecule has 2 saturated heterocycles. The first kappa shape index (κ1) is 17.8. The summed E-state index contributed by atoms with van der Waals surface area (Å²) < 4.78 is 0. The Hall–Kier alpha value is -1.06. The minimum Gasteiger partial charge on any atom is -0.352 e. The zero-order valence-electron chi connectivity index (χ0n) is 14.5. The highest BCUT2D eigenvalue weighted by Gasteiger charge is 2.44. The fourth-order valence-electron chi connectivity index (χ4n) is 5.07. The van der Waals surface area contributed by atoms with E-state index in [1.165, 1.54) is 36.8 Å². The molecule has 1 aromatic carbocycles. The molecule has 4 heteroatoms. The van der Waals surface area contributed by atoms with E-state index < -0.39 is 0 Å². The zero-order valence-corrected chi connectivity index (χ0v) is 15.3. The van der Waals surface area contributed by atoms with Crippen molar-refractivity contribution in [2.75, 3.05) is 0 Å². The van der Waals surface area contributed by atoms with Gasteiger partial charge in [-0.3, -0.25) is 4.79 Å². The number of amides is 1. The second-order valence-electron chi connectivity index (χ2n) is 7.94. The first-order valence-corrected chi connectivity index (χ1v) is 9.30. The van der Waals surface area contributed by atoms with Gasteiger partial charge >= 0.3 is 0 Å². The smallest absolute Gasteiger partial charge is 0.230 e. The predicted molar refractivity (Wildman–Crippen MR) is 99.7 cm³/mol. The maximum Gasteiger partial charge on any atom is 0.230 e. The highest BCUT2D eigenvalue weighted by molar-refractivity contribution is 5.89. The number of carbonyl (C=O) groups is 1. The molecular formula is C20H29ClN2O. The number of halogens is 1. The van der Waals surface area contributed by atoms with E-state index >= 15 is 0 Å². The molecule has 132 valence electrons. The van der Waals surface area contributed by atoms with Gasteiger partial charge in [0.1, 0.15) is 0 Å². The maximum absolute atomic E-state index is 13.2. The van der Waals surface area contributed by atoms with E-state index in [0.29, 0.717) is 18.1 Å². The van der Waals surface area contributed by atoms with Crippen molar-refractivity contribution in [3.8, 4) is 0 Å². The monoisotopic (exact) mass is 348 g/mol. The molecule has 2 N–H and O–H groups in total. The number of hydrogen-bond acceptors (Lipinski definition) is 2. The van der Waals surface area contributed by atoms with Crippen molar-refractivity contribution in [2.24, 2.45) is 0 Å². The van der Waals surface area contributed by atoms with Gasteiger partial charge in [-0.25, -0.2) is 0 Å². The number of hydrogen-bond donors (Lipinski definition) is 2. The zero-order chi connectivity index (χ0) is 15.9. The van der Waals surface area contributed by atoms with Crippen LogP contribution in [0, 0.1) is 6.92 Å². The van der Waals surface area contributed by atoms with Gasteiger partial charge in [0.25, 0.3) is 0 Å². The van der Waals surface area contributed by atoms with E-state index in [2.05, 4.69) is 41.8 Å². The van der Waals surface area contributed by atoms with E-state index in [9.17, 15) is 4.79 Å². The number of rotatable bonds is 3. The Morgan fingerprint density at radius 2 is 1.83 bits per heavy atom. The highest BCUT2D eigenvalue weighted by Crippen LogP contribution is 2.42. The van der Waals surface area contributed by atoms with Crippen molar-refractivity contribution in [3.05, 3.63) is 35.4 Å². The summed E-state index contributed by atoms with van der Waals surface area (Å²) >= 11 is 0. The van der Waals surface area contributed by atoms with Crippen molar-refractivity contribution in [1.82, 2.24) is 10.6 Å². The number of piperidine rings is 1. The lowest BCUT2D eigenvalue weighted by Gasteiger charge is -2.34. The second-order valence-corrected chi connectivity index (χ2v) is 7.94. The fourth-order valence-corrected chi connectivity index (χ4v) is 5.07. The molecule has 1 aliphatic carbocycles. The summed E-state index contributed by atoms with van der Waals surface area (Å²) in [6, 6.07) is 10.2. The van der Waals surface area contributed by atoms with Crippen LogP contribution in [0.15, 0.2) is 24.3 Å². The van der Waals surface area contributed by atoms with E-state index in [0.717, 1.165) is 25.7 Å². The van der Waals surface area contributed by atoms with Gasteiger partial charge in [-0.15, -0.1) is 12.4 Å². The molecule has 2 atom stereocenters. The van der Waals surface area contributed by atoms with Crippen LogP contribution in [0.4, 0.5) is 0 Å². The van der Waals surface area contributed by atoms with Gasteiger partial charge in [-0.1, -0.05) is 42.7 Å². The topological polar surface area (TPSA) is 41.1 Å². The van der Waals surface area contributed by atoms with Crippen LogP contribution in [0.3, 0.4) is 0 Å². The van der Waals surface area contributed by atoms with Crippen molar-refractivity contribution in [2.45, 2.75) is 81.8 Å². The van der Waals surface area contributed by atoms with Gasteiger partial charge in [0.15, 0.2) is 0 Å². The summed E-state index contributed by atoms with van der Waals surface area (Å²) in [5.41, 5.74) is 2.20. The number of nitrogens with one attached hydrogen (secondary N) is 2. The average Bonchev–Trinajstić information content (AvgIpc) is 3.15. The Bertz CT molecular complexity index is 585. The predicted octanol–water partition coefficient (Wildman–Crippen LogP) is 3.63. The molecule has 2 unspecified atom stereocenters. The largest absolute Gasteiger partial charge is 0.352 e. The molecule has 0 spiro atoms. The van der Waals surface area contributed by atoms with Crippen molar-refractivity contribution < 1.29 is 4.79 Å². The lowest BCUT2D eigenvalue weighted by molar-refractivity contribution is -0.127. The molecule has 1 amide bonds. The van der Waals surface area contributed by atoms with E-state index in [1.807, 2.05) is 0 Å². The Morgan fingerprint density at radius 3 is 2.46 bits per heavy atom. The van der Waals surface area contributed by atoms with E-state index in [-0.39, 0.29) is 23.7 Å². The summed E-state index contributed by atoms with van der Waals surface area (Å²) in [7, 11) is 0. The van der Waals surface area contributed by atoms with Crippen molar-refractivity contribution >= 4 is 18.3 Å². The third kappa shape index (κ3) is 3.21. The molecule has 3 aliphatic rings. The molecular weight excluding hydrogens is 320 g/mol. The van der Waals surface area contributed by atoms with Gasteiger partial charge < -0.3 is 10.6 Å². The molecule has 0 radical (unpaired) electrons. The lowest BCUT2D eigenvalue weighted by Crippen LogP contribution is -2.52. The average molecular weight is 349 g/mol. The molecule has 2 aliphatic heterocycles. The van der Waals surface area contributed by atoms with E-state index in [1.54, 1.807) is 0 Å².